The highest BCUT2D eigenvalue weighted by atomic mass is 16.5. The Balaban J connectivity index is 2.87. The molecule has 6 nitrogen and oxygen atoms in total. The Bertz CT molecular complexity index is 315. The monoisotopic (exact) mass is 245 g/mol. The third-order valence-corrected chi connectivity index (χ3v) is 3.17. The maximum atomic E-state index is 12.2. The van der Waals surface area contributed by atoms with E-state index in [0.29, 0.717) is 13.0 Å². The largest absolute Gasteiger partial charge is 0.480 e. The van der Waals surface area contributed by atoms with Crippen molar-refractivity contribution in [2.24, 2.45) is 0 Å². The molecule has 0 radical (unpaired) electrons. The van der Waals surface area contributed by atoms with Crippen LogP contribution in [0.4, 0.5) is 0 Å². The van der Waals surface area contributed by atoms with Crippen molar-refractivity contribution in [3.63, 3.8) is 0 Å². The zero-order chi connectivity index (χ0) is 13.2. The third-order valence-electron chi connectivity index (χ3n) is 3.17. The zero-order valence-electron chi connectivity index (χ0n) is 10.6. The van der Waals surface area contributed by atoms with Crippen LogP contribution in [0.2, 0.25) is 0 Å². The molecule has 1 fully saturated rings. The lowest BCUT2D eigenvalue weighted by atomic mass is 10.1. The fraction of sp³-hybridized carbons (Fsp3) is 0.818. The van der Waals surface area contributed by atoms with Gasteiger partial charge in [0.15, 0.2) is 0 Å². The number of amides is 1. The van der Waals surface area contributed by atoms with E-state index in [1.165, 1.54) is 19.1 Å². The van der Waals surface area contributed by atoms with E-state index in [-0.39, 0.29) is 12.0 Å². The molecular weight excluding hydrogens is 226 g/mol. The van der Waals surface area contributed by atoms with Crippen LogP contribution in [0, 0.1) is 0 Å². The number of carboxylic acids is 1. The van der Waals surface area contributed by atoms with Crippen molar-refractivity contribution in [1.82, 2.24) is 4.90 Å². The molecule has 0 aromatic heterocycles. The molecule has 1 aliphatic heterocycles. The summed E-state index contributed by atoms with van der Waals surface area (Å²) in [5.41, 5.74) is -1.02. The number of aliphatic carboxylic acids is 1. The molecule has 1 saturated heterocycles. The van der Waals surface area contributed by atoms with Crippen molar-refractivity contribution in [1.29, 1.82) is 0 Å². The highest BCUT2D eigenvalue weighted by Crippen LogP contribution is 2.24. The number of carbonyl (C=O) groups excluding carboxylic acids is 1. The lowest BCUT2D eigenvalue weighted by Crippen LogP contribution is -2.50. The van der Waals surface area contributed by atoms with Gasteiger partial charge in [-0.1, -0.05) is 0 Å². The summed E-state index contributed by atoms with van der Waals surface area (Å²) in [4.78, 5) is 24.6. The van der Waals surface area contributed by atoms with E-state index in [9.17, 15) is 9.59 Å². The maximum Gasteiger partial charge on any atom is 0.326 e. The second-order valence-corrected chi connectivity index (χ2v) is 4.62. The van der Waals surface area contributed by atoms with E-state index in [1.807, 2.05) is 0 Å². The van der Waals surface area contributed by atoms with Gasteiger partial charge in [0.2, 0.25) is 0 Å². The lowest BCUT2D eigenvalue weighted by molar-refractivity contribution is -0.158. The smallest absolute Gasteiger partial charge is 0.326 e. The van der Waals surface area contributed by atoms with Gasteiger partial charge in [-0.15, -0.1) is 0 Å². The minimum Gasteiger partial charge on any atom is -0.480 e. The average molecular weight is 245 g/mol. The van der Waals surface area contributed by atoms with Crippen LogP contribution in [-0.4, -0.2) is 60.4 Å². The van der Waals surface area contributed by atoms with Gasteiger partial charge < -0.3 is 19.5 Å². The first kappa shape index (κ1) is 13.9. The van der Waals surface area contributed by atoms with Gasteiger partial charge in [-0.05, 0) is 13.8 Å². The molecule has 1 N–H and O–H groups in total. The Morgan fingerprint density at radius 2 is 1.94 bits per heavy atom. The molecular formula is C11H19NO5. The summed E-state index contributed by atoms with van der Waals surface area (Å²) in [5, 5.41) is 9.09. The molecule has 0 aromatic carbocycles. The van der Waals surface area contributed by atoms with E-state index < -0.39 is 17.6 Å². The molecule has 98 valence electrons. The van der Waals surface area contributed by atoms with Gasteiger partial charge in [0.05, 0.1) is 6.10 Å². The maximum absolute atomic E-state index is 12.2. The number of likely N-dealkylation sites (tertiary alicyclic amines) is 1. The average Bonchev–Trinajstić information content (AvgIpc) is 2.71. The van der Waals surface area contributed by atoms with Crippen LogP contribution in [0.25, 0.3) is 0 Å². The van der Waals surface area contributed by atoms with Crippen LogP contribution in [0.5, 0.6) is 0 Å². The molecule has 2 atom stereocenters. The Morgan fingerprint density at radius 3 is 2.35 bits per heavy atom. The van der Waals surface area contributed by atoms with Crippen LogP contribution in [-0.2, 0) is 19.1 Å². The second-order valence-electron chi connectivity index (χ2n) is 4.62. The summed E-state index contributed by atoms with van der Waals surface area (Å²) < 4.78 is 10.2. The fourth-order valence-corrected chi connectivity index (χ4v) is 1.86. The summed E-state index contributed by atoms with van der Waals surface area (Å²) in [6, 6.07) is -0.832. The molecule has 1 heterocycles. The summed E-state index contributed by atoms with van der Waals surface area (Å²) in [6.07, 6.45) is 0.0879. The first-order valence-corrected chi connectivity index (χ1v) is 5.45. The quantitative estimate of drug-likeness (QED) is 0.761. The minimum atomic E-state index is -1.02. The highest BCUT2D eigenvalue weighted by molar-refractivity contribution is 5.89. The van der Waals surface area contributed by atoms with Crippen molar-refractivity contribution in [2.45, 2.75) is 38.0 Å². The number of nitrogens with zero attached hydrogens (tertiary/aromatic N) is 1. The predicted molar refractivity (Wildman–Crippen MR) is 59.6 cm³/mol. The topological polar surface area (TPSA) is 76.1 Å². The number of ether oxygens (including phenoxy) is 2. The molecule has 0 aromatic rings. The van der Waals surface area contributed by atoms with Gasteiger partial charge in [-0.3, -0.25) is 4.79 Å². The van der Waals surface area contributed by atoms with Gasteiger partial charge >= 0.3 is 5.97 Å². The first-order chi connectivity index (χ1) is 7.83. The summed E-state index contributed by atoms with van der Waals surface area (Å²) in [5.74, 6) is -1.34. The van der Waals surface area contributed by atoms with E-state index in [0.717, 1.165) is 0 Å². The molecule has 0 saturated carbocycles. The standard InChI is InChI=1S/C11H19NO5/c1-11(2,17-4)10(15)12-6-7(16-3)5-8(12)9(13)14/h7-8H,5-6H2,1-4H3,(H,13,14). The van der Waals surface area contributed by atoms with Crippen molar-refractivity contribution < 1.29 is 24.2 Å². The Hall–Kier alpha value is -1.14. The molecule has 2 unspecified atom stereocenters. The van der Waals surface area contributed by atoms with Gasteiger partial charge in [0, 0.05) is 27.2 Å². The Morgan fingerprint density at radius 1 is 1.35 bits per heavy atom. The summed E-state index contributed by atoms with van der Waals surface area (Å²) >= 11 is 0. The van der Waals surface area contributed by atoms with E-state index in [2.05, 4.69) is 0 Å². The first-order valence-electron chi connectivity index (χ1n) is 5.45. The number of methoxy groups -OCH3 is 2. The highest BCUT2D eigenvalue weighted by Gasteiger charge is 2.44. The molecule has 17 heavy (non-hydrogen) atoms. The van der Waals surface area contributed by atoms with Gasteiger partial charge in [-0.2, -0.15) is 0 Å². The molecule has 0 spiro atoms. The van der Waals surface area contributed by atoms with E-state index >= 15 is 0 Å². The lowest BCUT2D eigenvalue weighted by Gasteiger charge is -2.30. The zero-order valence-corrected chi connectivity index (χ0v) is 10.6. The van der Waals surface area contributed by atoms with Crippen LogP contribution < -0.4 is 0 Å². The van der Waals surface area contributed by atoms with Crippen molar-refractivity contribution >= 4 is 11.9 Å². The number of carboxylic acid groups (broad SMARTS) is 1. The summed E-state index contributed by atoms with van der Waals surface area (Å²) in [7, 11) is 2.94. The summed E-state index contributed by atoms with van der Waals surface area (Å²) in [6.45, 7) is 3.53. The Kier molecular flexibility index (Phi) is 4.11. The van der Waals surface area contributed by atoms with Crippen molar-refractivity contribution in [3.05, 3.63) is 0 Å². The molecule has 1 amide bonds. The number of rotatable bonds is 4. The third kappa shape index (κ3) is 2.76. The van der Waals surface area contributed by atoms with Gasteiger partial charge in [0.25, 0.3) is 5.91 Å². The van der Waals surface area contributed by atoms with Crippen molar-refractivity contribution in [3.8, 4) is 0 Å². The number of hydrogen-bond donors (Lipinski definition) is 1. The molecule has 0 bridgehead atoms. The molecule has 0 aliphatic carbocycles. The van der Waals surface area contributed by atoms with Crippen LogP contribution in [0.15, 0.2) is 0 Å². The molecule has 1 aliphatic rings. The van der Waals surface area contributed by atoms with Crippen LogP contribution in [0.3, 0.4) is 0 Å². The number of hydrogen-bond acceptors (Lipinski definition) is 4. The van der Waals surface area contributed by atoms with Crippen LogP contribution >= 0.6 is 0 Å². The van der Waals surface area contributed by atoms with Crippen molar-refractivity contribution in [2.75, 3.05) is 20.8 Å². The SMILES string of the molecule is COC1CC(C(=O)O)N(C(=O)C(C)(C)OC)C1. The minimum absolute atomic E-state index is 0.229. The second kappa shape index (κ2) is 5.01. The predicted octanol–water partition coefficient (Wildman–Crippen LogP) is 0.112. The molecule has 6 heteroatoms. The van der Waals surface area contributed by atoms with E-state index in [4.69, 9.17) is 14.6 Å². The van der Waals surface area contributed by atoms with Gasteiger partial charge in [-0.25, -0.2) is 4.79 Å². The van der Waals surface area contributed by atoms with E-state index in [1.54, 1.807) is 13.8 Å². The normalized spacial score (nSPS) is 25.1. The fourth-order valence-electron chi connectivity index (χ4n) is 1.86. The molecule has 1 rings (SSSR count). The number of carbonyl (C=O) groups is 2. The Labute approximate surface area is 100 Å². The van der Waals surface area contributed by atoms with Crippen LogP contribution in [0.1, 0.15) is 20.3 Å². The van der Waals surface area contributed by atoms with Gasteiger partial charge in [0.1, 0.15) is 11.6 Å².